The van der Waals surface area contributed by atoms with E-state index < -0.39 is 29.6 Å². The Morgan fingerprint density at radius 2 is 1.48 bits per heavy atom. The van der Waals surface area contributed by atoms with E-state index in [9.17, 15) is 19.5 Å². The fourth-order valence-corrected chi connectivity index (χ4v) is 3.52. The Labute approximate surface area is 169 Å². The number of nitrogens with one attached hydrogen (secondary N) is 2. The van der Waals surface area contributed by atoms with Crippen LogP contribution in [-0.4, -0.2) is 29.5 Å². The van der Waals surface area contributed by atoms with Crippen LogP contribution in [0.5, 0.6) is 5.75 Å². The molecule has 2 aromatic carbocycles. The number of ether oxygens (including phenoxy) is 1. The van der Waals surface area contributed by atoms with E-state index in [1.165, 1.54) is 0 Å². The minimum Gasteiger partial charge on any atom is -0.484 e. The molecule has 29 heavy (non-hydrogen) atoms. The molecule has 152 valence electrons. The number of carboxylic acid groups (broad SMARTS) is 1. The molecule has 2 amide bonds. The maximum atomic E-state index is 12.2. The molecule has 0 bridgehead atoms. The van der Waals surface area contributed by atoms with E-state index in [2.05, 4.69) is 10.9 Å². The quantitative estimate of drug-likeness (QED) is 0.651. The summed E-state index contributed by atoms with van der Waals surface area (Å²) in [7, 11) is 0. The van der Waals surface area contributed by atoms with Gasteiger partial charge in [-0.2, -0.15) is 0 Å². The molecule has 7 heteroatoms. The van der Waals surface area contributed by atoms with Gasteiger partial charge in [0.2, 0.25) is 5.91 Å². The highest BCUT2D eigenvalue weighted by Gasteiger charge is 2.35. The van der Waals surface area contributed by atoms with Crippen LogP contribution < -0.4 is 15.6 Å². The van der Waals surface area contributed by atoms with E-state index in [4.69, 9.17) is 4.74 Å². The number of carbonyl (C=O) groups is 3. The summed E-state index contributed by atoms with van der Waals surface area (Å²) >= 11 is 0. The van der Waals surface area contributed by atoms with Gasteiger partial charge in [0.25, 0.3) is 5.91 Å². The molecule has 0 radical (unpaired) electrons. The van der Waals surface area contributed by atoms with Crippen molar-refractivity contribution in [3.05, 3.63) is 54.6 Å². The molecule has 0 aliphatic heterocycles. The Hall–Kier alpha value is -3.35. The number of carbonyl (C=O) groups excluding carboxylic acids is 2. The number of aliphatic carboxylic acids is 1. The minimum atomic E-state index is -0.974. The van der Waals surface area contributed by atoms with Crippen molar-refractivity contribution in [1.29, 1.82) is 0 Å². The SMILES string of the molecule is O=C(COc1ccc(-c2ccccc2)cc1)NNC(=O)[C@@H]1CCCC[C@@H]1C(=O)O. The van der Waals surface area contributed by atoms with Crippen molar-refractivity contribution in [2.45, 2.75) is 25.7 Å². The Balaban J connectivity index is 1.45. The number of carboxylic acids is 1. The van der Waals surface area contributed by atoms with Gasteiger partial charge in [0.1, 0.15) is 5.75 Å². The van der Waals surface area contributed by atoms with Crippen molar-refractivity contribution in [3.8, 4) is 16.9 Å². The number of hydrazine groups is 1. The van der Waals surface area contributed by atoms with Crippen molar-refractivity contribution in [3.63, 3.8) is 0 Å². The van der Waals surface area contributed by atoms with E-state index in [0.29, 0.717) is 18.6 Å². The second-order valence-corrected chi connectivity index (χ2v) is 7.05. The van der Waals surface area contributed by atoms with Gasteiger partial charge in [-0.1, -0.05) is 55.3 Å². The second kappa shape index (κ2) is 9.73. The average Bonchev–Trinajstić information content (AvgIpc) is 2.77. The highest BCUT2D eigenvalue weighted by molar-refractivity contribution is 5.87. The van der Waals surface area contributed by atoms with Gasteiger partial charge in [0.05, 0.1) is 11.8 Å². The predicted molar refractivity (Wildman–Crippen MR) is 107 cm³/mol. The first-order chi connectivity index (χ1) is 14.0. The molecule has 3 N–H and O–H groups in total. The van der Waals surface area contributed by atoms with Crippen molar-refractivity contribution in [1.82, 2.24) is 10.9 Å². The lowest BCUT2D eigenvalue weighted by Gasteiger charge is -2.27. The molecule has 1 aliphatic rings. The van der Waals surface area contributed by atoms with Crippen LogP contribution in [0.4, 0.5) is 0 Å². The molecule has 7 nitrogen and oxygen atoms in total. The van der Waals surface area contributed by atoms with Gasteiger partial charge in [0, 0.05) is 0 Å². The first-order valence-corrected chi connectivity index (χ1v) is 9.64. The van der Waals surface area contributed by atoms with Crippen molar-refractivity contribution in [2.75, 3.05) is 6.61 Å². The zero-order chi connectivity index (χ0) is 20.6. The Morgan fingerprint density at radius 3 is 2.14 bits per heavy atom. The fourth-order valence-electron chi connectivity index (χ4n) is 3.52. The van der Waals surface area contributed by atoms with E-state index in [-0.39, 0.29) is 6.61 Å². The molecule has 0 heterocycles. The van der Waals surface area contributed by atoms with Crippen LogP contribution in [0.3, 0.4) is 0 Å². The standard InChI is InChI=1S/C22H24N2O5/c25-20(23-24-21(26)18-8-4-5-9-19(18)22(27)28)14-29-17-12-10-16(11-13-17)15-6-2-1-3-7-15/h1-3,6-7,10-13,18-19H,4-5,8-9,14H2,(H,23,25)(H,24,26)(H,27,28)/t18-,19+/m1/s1. The van der Waals surface area contributed by atoms with Gasteiger partial charge in [-0.3, -0.25) is 25.2 Å². The Bertz CT molecular complexity index is 851. The molecule has 0 aromatic heterocycles. The largest absolute Gasteiger partial charge is 0.484 e. The normalized spacial score (nSPS) is 18.5. The van der Waals surface area contributed by atoms with E-state index >= 15 is 0 Å². The molecular formula is C22H24N2O5. The zero-order valence-corrected chi connectivity index (χ0v) is 16.0. The predicted octanol–water partition coefficient (Wildman–Crippen LogP) is 2.77. The maximum absolute atomic E-state index is 12.2. The van der Waals surface area contributed by atoms with Crippen LogP contribution in [0.15, 0.2) is 54.6 Å². The Kier molecular flexibility index (Phi) is 6.84. The highest BCUT2D eigenvalue weighted by Crippen LogP contribution is 2.30. The summed E-state index contributed by atoms with van der Waals surface area (Å²) in [5.41, 5.74) is 6.73. The number of hydrogen-bond acceptors (Lipinski definition) is 4. The second-order valence-electron chi connectivity index (χ2n) is 7.05. The van der Waals surface area contributed by atoms with E-state index in [1.807, 2.05) is 42.5 Å². The molecule has 0 unspecified atom stereocenters. The summed E-state index contributed by atoms with van der Waals surface area (Å²) in [4.78, 5) is 35.5. The van der Waals surface area contributed by atoms with E-state index in [0.717, 1.165) is 24.0 Å². The summed E-state index contributed by atoms with van der Waals surface area (Å²) in [6.45, 7) is -0.266. The highest BCUT2D eigenvalue weighted by atomic mass is 16.5. The van der Waals surface area contributed by atoms with Crippen LogP contribution in [0.25, 0.3) is 11.1 Å². The van der Waals surface area contributed by atoms with Gasteiger partial charge in [-0.05, 0) is 36.1 Å². The van der Waals surface area contributed by atoms with Crippen LogP contribution in [0, 0.1) is 11.8 Å². The lowest BCUT2D eigenvalue weighted by molar-refractivity contribution is -0.149. The van der Waals surface area contributed by atoms with Crippen molar-refractivity contribution >= 4 is 17.8 Å². The number of benzene rings is 2. The number of hydrogen-bond donors (Lipinski definition) is 3. The van der Waals surface area contributed by atoms with Gasteiger partial charge in [-0.25, -0.2) is 0 Å². The summed E-state index contributed by atoms with van der Waals surface area (Å²) in [5.74, 6) is -2.78. The number of rotatable bonds is 6. The van der Waals surface area contributed by atoms with Gasteiger partial charge >= 0.3 is 5.97 Å². The van der Waals surface area contributed by atoms with Gasteiger partial charge in [0.15, 0.2) is 6.61 Å². The van der Waals surface area contributed by atoms with Crippen LogP contribution in [-0.2, 0) is 14.4 Å². The third-order valence-corrected chi connectivity index (χ3v) is 5.08. The maximum Gasteiger partial charge on any atom is 0.307 e. The molecule has 0 spiro atoms. The topological polar surface area (TPSA) is 105 Å². The summed E-state index contributed by atoms with van der Waals surface area (Å²) in [5, 5.41) is 9.25. The molecule has 2 aromatic rings. The third-order valence-electron chi connectivity index (χ3n) is 5.08. The molecule has 2 atom stereocenters. The molecule has 3 rings (SSSR count). The Morgan fingerprint density at radius 1 is 0.862 bits per heavy atom. The fraction of sp³-hybridized carbons (Fsp3) is 0.318. The molecule has 0 saturated heterocycles. The first-order valence-electron chi connectivity index (χ1n) is 9.64. The van der Waals surface area contributed by atoms with Crippen LogP contribution in [0.1, 0.15) is 25.7 Å². The molecular weight excluding hydrogens is 372 g/mol. The summed E-state index contributed by atoms with van der Waals surface area (Å²) < 4.78 is 5.44. The third kappa shape index (κ3) is 5.57. The molecule has 1 saturated carbocycles. The van der Waals surface area contributed by atoms with Crippen LogP contribution in [0.2, 0.25) is 0 Å². The average molecular weight is 396 g/mol. The summed E-state index contributed by atoms with van der Waals surface area (Å²) in [6.07, 6.45) is 2.58. The van der Waals surface area contributed by atoms with Crippen LogP contribution >= 0.6 is 0 Å². The first kappa shape index (κ1) is 20.4. The summed E-state index contributed by atoms with van der Waals surface area (Å²) in [6, 6.07) is 17.2. The monoisotopic (exact) mass is 396 g/mol. The minimum absolute atomic E-state index is 0.266. The lowest BCUT2D eigenvalue weighted by atomic mass is 9.79. The van der Waals surface area contributed by atoms with Crippen molar-refractivity contribution < 1.29 is 24.2 Å². The lowest BCUT2D eigenvalue weighted by Crippen LogP contribution is -2.49. The molecule has 1 fully saturated rings. The van der Waals surface area contributed by atoms with Gasteiger partial charge < -0.3 is 9.84 Å². The number of amides is 2. The smallest absolute Gasteiger partial charge is 0.307 e. The molecule has 1 aliphatic carbocycles. The van der Waals surface area contributed by atoms with E-state index in [1.54, 1.807) is 12.1 Å². The van der Waals surface area contributed by atoms with Gasteiger partial charge in [-0.15, -0.1) is 0 Å². The zero-order valence-electron chi connectivity index (χ0n) is 16.0. The van der Waals surface area contributed by atoms with Crippen molar-refractivity contribution in [2.24, 2.45) is 11.8 Å².